The second-order valence-electron chi connectivity index (χ2n) is 6.92. The van der Waals surface area contributed by atoms with Gasteiger partial charge in [-0.25, -0.2) is 0 Å². The summed E-state index contributed by atoms with van der Waals surface area (Å²) in [6, 6.07) is 10.3. The van der Waals surface area contributed by atoms with Gasteiger partial charge in [0.2, 0.25) is 0 Å². The minimum atomic E-state index is 0.622. The van der Waals surface area contributed by atoms with Crippen LogP contribution in [-0.2, 0) is 6.54 Å². The van der Waals surface area contributed by atoms with Crippen LogP contribution in [0.2, 0.25) is 0 Å². The lowest BCUT2D eigenvalue weighted by atomic mass is 9.83. The molecular weight excluding hydrogens is 256 g/mol. The molecule has 21 heavy (non-hydrogen) atoms. The van der Waals surface area contributed by atoms with Crippen molar-refractivity contribution in [3.05, 3.63) is 29.8 Å². The molecule has 0 bridgehead atoms. The molecule has 0 radical (unpaired) electrons. The van der Waals surface area contributed by atoms with Crippen molar-refractivity contribution in [1.29, 1.82) is 0 Å². The van der Waals surface area contributed by atoms with Gasteiger partial charge in [0.25, 0.3) is 0 Å². The maximum absolute atomic E-state index is 3.87. The summed E-state index contributed by atoms with van der Waals surface area (Å²) in [6.45, 7) is 6.89. The van der Waals surface area contributed by atoms with E-state index in [0.717, 1.165) is 12.5 Å². The number of rotatable bonds is 3. The Balaban J connectivity index is 1.83. The first-order valence-corrected chi connectivity index (χ1v) is 8.87. The molecule has 0 amide bonds. The molecular formula is C19H30N2. The normalized spacial score (nSPS) is 25.2. The molecule has 2 unspecified atom stereocenters. The van der Waals surface area contributed by atoms with E-state index in [4.69, 9.17) is 0 Å². The van der Waals surface area contributed by atoms with Gasteiger partial charge in [-0.05, 0) is 43.7 Å². The monoisotopic (exact) mass is 286 g/mol. The molecule has 1 fully saturated rings. The Morgan fingerprint density at radius 1 is 1.19 bits per heavy atom. The predicted octanol–water partition coefficient (Wildman–Crippen LogP) is 4.34. The summed E-state index contributed by atoms with van der Waals surface area (Å²) in [5, 5.41) is 3.87. The third kappa shape index (κ3) is 3.26. The smallest absolute Gasteiger partial charge is 0.0414 e. The Labute approximate surface area is 129 Å². The van der Waals surface area contributed by atoms with E-state index in [1.807, 2.05) is 0 Å². The number of nitrogens with zero attached hydrogens (tertiary/aromatic N) is 1. The van der Waals surface area contributed by atoms with Gasteiger partial charge in [-0.1, -0.05) is 44.4 Å². The van der Waals surface area contributed by atoms with Crippen LogP contribution in [0.1, 0.15) is 57.9 Å². The number of nitrogens with one attached hydrogen (secondary N) is 1. The molecule has 1 aromatic rings. The highest BCUT2D eigenvalue weighted by molar-refractivity contribution is 5.55. The van der Waals surface area contributed by atoms with Crippen LogP contribution in [0.25, 0.3) is 0 Å². The molecule has 2 aliphatic rings. The molecule has 2 atom stereocenters. The van der Waals surface area contributed by atoms with E-state index in [-0.39, 0.29) is 0 Å². The van der Waals surface area contributed by atoms with E-state index in [1.54, 1.807) is 0 Å². The zero-order valence-electron chi connectivity index (χ0n) is 13.6. The molecule has 2 nitrogen and oxygen atoms in total. The minimum absolute atomic E-state index is 0.622. The topological polar surface area (TPSA) is 15.3 Å². The number of benzene rings is 1. The average Bonchev–Trinajstić information content (AvgIpc) is 2.75. The van der Waals surface area contributed by atoms with Crippen LogP contribution >= 0.6 is 0 Å². The van der Waals surface area contributed by atoms with Crippen LogP contribution < -0.4 is 10.2 Å². The first kappa shape index (κ1) is 14.9. The summed E-state index contributed by atoms with van der Waals surface area (Å²) in [5.41, 5.74) is 2.92. The number of hydrogen-bond donors (Lipinski definition) is 1. The Morgan fingerprint density at radius 2 is 1.95 bits per heavy atom. The highest BCUT2D eigenvalue weighted by atomic mass is 15.2. The second-order valence-corrected chi connectivity index (χ2v) is 6.92. The quantitative estimate of drug-likeness (QED) is 0.889. The van der Waals surface area contributed by atoms with E-state index < -0.39 is 0 Å². The zero-order chi connectivity index (χ0) is 14.7. The highest BCUT2D eigenvalue weighted by Crippen LogP contribution is 2.32. The third-order valence-electron chi connectivity index (χ3n) is 5.59. The predicted molar refractivity (Wildman–Crippen MR) is 90.7 cm³/mol. The van der Waals surface area contributed by atoms with Crippen molar-refractivity contribution in [3.8, 4) is 0 Å². The van der Waals surface area contributed by atoms with Crippen molar-refractivity contribution in [2.75, 3.05) is 11.4 Å². The van der Waals surface area contributed by atoms with Crippen molar-refractivity contribution in [2.45, 2.75) is 71.0 Å². The third-order valence-corrected chi connectivity index (χ3v) is 5.59. The van der Waals surface area contributed by atoms with Crippen LogP contribution in [0.3, 0.4) is 0 Å². The first-order valence-electron chi connectivity index (χ1n) is 8.87. The van der Waals surface area contributed by atoms with Crippen LogP contribution in [0, 0.1) is 5.92 Å². The summed E-state index contributed by atoms with van der Waals surface area (Å²) < 4.78 is 0. The van der Waals surface area contributed by atoms with Gasteiger partial charge < -0.3 is 10.2 Å². The highest BCUT2D eigenvalue weighted by Gasteiger charge is 2.29. The first-order chi connectivity index (χ1) is 10.3. The fourth-order valence-corrected chi connectivity index (χ4v) is 4.05. The van der Waals surface area contributed by atoms with Crippen molar-refractivity contribution in [3.63, 3.8) is 0 Å². The molecule has 1 saturated carbocycles. The molecule has 1 aliphatic heterocycles. The maximum Gasteiger partial charge on any atom is 0.0414 e. The average molecular weight is 286 g/mol. The maximum atomic E-state index is 3.87. The second kappa shape index (κ2) is 6.83. The molecule has 2 heteroatoms. The molecule has 1 N–H and O–H groups in total. The van der Waals surface area contributed by atoms with E-state index in [2.05, 4.69) is 48.3 Å². The van der Waals surface area contributed by atoms with E-state index in [0.29, 0.717) is 12.1 Å². The van der Waals surface area contributed by atoms with E-state index >= 15 is 0 Å². The van der Waals surface area contributed by atoms with Crippen molar-refractivity contribution in [1.82, 2.24) is 5.32 Å². The lowest BCUT2D eigenvalue weighted by Gasteiger charge is -2.36. The van der Waals surface area contributed by atoms with Crippen LogP contribution in [0.15, 0.2) is 24.3 Å². The van der Waals surface area contributed by atoms with E-state index in [9.17, 15) is 0 Å². The van der Waals surface area contributed by atoms with Crippen molar-refractivity contribution < 1.29 is 0 Å². The van der Waals surface area contributed by atoms with Gasteiger partial charge in [0.05, 0.1) is 0 Å². The minimum Gasteiger partial charge on any atom is -0.367 e. The lowest BCUT2D eigenvalue weighted by Crippen LogP contribution is -2.46. The van der Waals surface area contributed by atoms with Crippen LogP contribution in [0.4, 0.5) is 5.69 Å². The van der Waals surface area contributed by atoms with Crippen molar-refractivity contribution in [2.24, 2.45) is 5.92 Å². The van der Waals surface area contributed by atoms with Crippen LogP contribution in [-0.4, -0.2) is 18.6 Å². The molecule has 1 aromatic carbocycles. The van der Waals surface area contributed by atoms with Gasteiger partial charge in [0, 0.05) is 30.9 Å². The number of para-hydroxylation sites is 1. The number of anilines is 1. The fourth-order valence-electron chi connectivity index (χ4n) is 4.05. The largest absolute Gasteiger partial charge is 0.367 e. The molecule has 0 aromatic heterocycles. The Hall–Kier alpha value is -1.02. The summed E-state index contributed by atoms with van der Waals surface area (Å²) >= 11 is 0. The molecule has 3 rings (SSSR count). The Morgan fingerprint density at radius 3 is 2.71 bits per heavy atom. The van der Waals surface area contributed by atoms with Gasteiger partial charge >= 0.3 is 0 Å². The SMILES string of the molecule is CCC(C)N1CC(C2CCCCC2)NCc2ccccc21. The number of fused-ring (bicyclic) bond motifs is 1. The fraction of sp³-hybridized carbons (Fsp3) is 0.684. The Bertz CT molecular complexity index is 451. The van der Waals surface area contributed by atoms with E-state index in [1.165, 1.54) is 56.3 Å². The summed E-state index contributed by atoms with van der Waals surface area (Å²) in [5.74, 6) is 0.875. The summed E-state index contributed by atoms with van der Waals surface area (Å²) in [6.07, 6.45) is 8.35. The molecule has 1 aliphatic carbocycles. The van der Waals surface area contributed by atoms with Gasteiger partial charge in [-0.15, -0.1) is 0 Å². The van der Waals surface area contributed by atoms with Crippen molar-refractivity contribution >= 4 is 5.69 Å². The van der Waals surface area contributed by atoms with Crippen LogP contribution in [0.5, 0.6) is 0 Å². The number of hydrogen-bond acceptors (Lipinski definition) is 2. The standard InChI is InChI=1S/C19H30N2/c1-3-15(2)21-14-18(16-9-5-4-6-10-16)20-13-17-11-7-8-12-19(17)21/h7-8,11-12,15-16,18,20H,3-6,9-10,13-14H2,1-2H3. The molecule has 0 spiro atoms. The zero-order valence-corrected chi connectivity index (χ0v) is 13.6. The lowest BCUT2D eigenvalue weighted by molar-refractivity contribution is 0.268. The van der Waals surface area contributed by atoms with Gasteiger partial charge in [0.1, 0.15) is 0 Å². The molecule has 0 saturated heterocycles. The summed E-state index contributed by atoms with van der Waals surface area (Å²) in [4.78, 5) is 2.66. The van der Waals surface area contributed by atoms with Gasteiger partial charge in [-0.3, -0.25) is 0 Å². The molecule has 116 valence electrons. The molecule has 1 heterocycles. The van der Waals surface area contributed by atoms with Gasteiger partial charge in [-0.2, -0.15) is 0 Å². The Kier molecular flexibility index (Phi) is 4.84. The summed E-state index contributed by atoms with van der Waals surface area (Å²) in [7, 11) is 0. The van der Waals surface area contributed by atoms with Gasteiger partial charge in [0.15, 0.2) is 0 Å².